The maximum atomic E-state index is 12.8. The lowest BCUT2D eigenvalue weighted by Gasteiger charge is -2.33. The zero-order valence-electron chi connectivity index (χ0n) is 18.7. The van der Waals surface area contributed by atoms with Crippen molar-refractivity contribution < 1.29 is 23.2 Å². The van der Waals surface area contributed by atoms with E-state index < -0.39 is 25.0 Å². The van der Waals surface area contributed by atoms with E-state index in [0.717, 1.165) is 10.4 Å². The topological polar surface area (TPSA) is 68.7 Å². The van der Waals surface area contributed by atoms with Gasteiger partial charge in [0.05, 0.1) is 11.2 Å². The van der Waals surface area contributed by atoms with Crippen LogP contribution in [0.5, 0.6) is 5.06 Å². The van der Waals surface area contributed by atoms with Gasteiger partial charge in [0.15, 0.2) is 5.06 Å². The number of thiophene rings is 1. The van der Waals surface area contributed by atoms with E-state index in [1.807, 2.05) is 4.90 Å². The van der Waals surface area contributed by atoms with Gasteiger partial charge < -0.3 is 9.47 Å². The number of aromatic nitrogens is 1. The van der Waals surface area contributed by atoms with Gasteiger partial charge in [0.2, 0.25) is 0 Å². The van der Waals surface area contributed by atoms with E-state index >= 15 is 0 Å². The summed E-state index contributed by atoms with van der Waals surface area (Å²) >= 11 is 7.35. The van der Waals surface area contributed by atoms with Crippen LogP contribution in [0.1, 0.15) is 36.6 Å². The van der Waals surface area contributed by atoms with Gasteiger partial charge >= 0.3 is 11.9 Å². The van der Waals surface area contributed by atoms with Crippen molar-refractivity contribution in [3.63, 3.8) is 0 Å². The van der Waals surface area contributed by atoms with Crippen LogP contribution in [0.15, 0.2) is 54.7 Å². The summed E-state index contributed by atoms with van der Waals surface area (Å²) in [6, 6.07) is 12.5. The highest BCUT2D eigenvalue weighted by Gasteiger charge is 2.32. The van der Waals surface area contributed by atoms with Crippen LogP contribution in [0.25, 0.3) is 0 Å². The van der Waals surface area contributed by atoms with E-state index in [2.05, 4.69) is 4.98 Å². The third kappa shape index (κ3) is 4.38. The quantitative estimate of drug-likeness (QED) is 0.546. The molecule has 0 unspecified atom stereocenters. The minimum Gasteiger partial charge on any atom is -0.468 e. The average Bonchev–Trinajstić information content (AvgIpc) is 3.16. The number of ether oxygens (including phenoxy) is 2. The number of pyridine rings is 1. The molecule has 0 spiro atoms. The molecule has 4 rings (SSSR count). The average molecular weight is 446 g/mol. The largest absolute Gasteiger partial charge is 0.468 e. The molecule has 0 aliphatic carbocycles. The normalized spacial score (nSPS) is 16.5. The number of rotatable bonds is 5. The smallest absolute Gasteiger partial charge is 0.363 e. The van der Waals surface area contributed by atoms with Crippen LogP contribution < -0.4 is 4.74 Å². The molecular formula is C22H19ClN2O4S. The summed E-state index contributed by atoms with van der Waals surface area (Å²) in [6.07, 6.45) is 2.12. The molecule has 1 aliphatic heterocycles. The van der Waals surface area contributed by atoms with Crippen LogP contribution in [-0.2, 0) is 22.5 Å². The number of methoxy groups -OCH3 is 1. The molecule has 2 aromatic heterocycles. The van der Waals surface area contributed by atoms with Crippen LogP contribution in [0.2, 0.25) is 5.02 Å². The number of hydrogen-bond acceptors (Lipinski definition) is 7. The van der Waals surface area contributed by atoms with Crippen LogP contribution >= 0.6 is 22.9 Å². The van der Waals surface area contributed by atoms with Gasteiger partial charge in [-0.3, -0.25) is 4.90 Å². The second-order valence-electron chi connectivity index (χ2n) is 6.71. The molecule has 8 heteroatoms. The summed E-state index contributed by atoms with van der Waals surface area (Å²) in [7, 11) is -2.85. The van der Waals surface area contributed by atoms with Gasteiger partial charge in [-0.25, -0.2) is 14.6 Å². The number of fused-ring (bicyclic) bond motifs is 1. The Morgan fingerprint density at radius 1 is 1.27 bits per heavy atom. The molecule has 1 atom stereocenters. The Labute approximate surface area is 187 Å². The molecule has 3 heterocycles. The SMILES string of the molecule is [2H]C([2H])([2H])OC(=O)[C@H](c1ccc(Cl)cc1)N1CCc2sc(OC(=O)c3ccccn3)cc2C1. The first-order valence-corrected chi connectivity index (χ1v) is 10.4. The Balaban J connectivity index is 1.55. The fourth-order valence-electron chi connectivity index (χ4n) is 3.42. The third-order valence-corrected chi connectivity index (χ3v) is 6.18. The maximum absolute atomic E-state index is 12.8. The fourth-order valence-corrected chi connectivity index (χ4v) is 4.56. The van der Waals surface area contributed by atoms with Crippen molar-refractivity contribution in [1.29, 1.82) is 0 Å². The summed E-state index contributed by atoms with van der Waals surface area (Å²) in [4.78, 5) is 32.0. The predicted octanol–water partition coefficient (Wildman–Crippen LogP) is 4.29. The van der Waals surface area contributed by atoms with Gasteiger partial charge in [0.1, 0.15) is 11.7 Å². The summed E-state index contributed by atoms with van der Waals surface area (Å²) in [6.45, 7) is 0.848. The predicted molar refractivity (Wildman–Crippen MR) is 114 cm³/mol. The lowest BCUT2D eigenvalue weighted by molar-refractivity contribution is -0.147. The van der Waals surface area contributed by atoms with E-state index in [1.165, 1.54) is 17.5 Å². The number of carbonyl (C=O) groups is 2. The molecule has 0 saturated carbocycles. The number of hydrogen-bond donors (Lipinski definition) is 0. The Bertz CT molecular complexity index is 1150. The Morgan fingerprint density at radius 3 is 2.83 bits per heavy atom. The second-order valence-corrected chi connectivity index (χ2v) is 8.25. The fraction of sp³-hybridized carbons (Fsp3) is 0.227. The van der Waals surface area contributed by atoms with Gasteiger partial charge in [-0.2, -0.15) is 0 Å². The summed E-state index contributed by atoms with van der Waals surface area (Å²) in [5.74, 6) is -1.41. The molecule has 1 aromatic carbocycles. The second kappa shape index (κ2) is 8.95. The summed E-state index contributed by atoms with van der Waals surface area (Å²) in [5.41, 5.74) is 1.69. The van der Waals surface area contributed by atoms with Crippen LogP contribution in [0.3, 0.4) is 0 Å². The molecule has 0 bridgehead atoms. The Kier molecular flexibility index (Phi) is 5.07. The van der Waals surface area contributed by atoms with Crippen LogP contribution in [0.4, 0.5) is 0 Å². The van der Waals surface area contributed by atoms with Crippen molar-refractivity contribution in [3.05, 3.63) is 81.4 Å². The number of nitrogens with zero attached hydrogens (tertiary/aromatic N) is 2. The van der Waals surface area contributed by atoms with Crippen molar-refractivity contribution >= 4 is 34.9 Å². The molecule has 0 N–H and O–H groups in total. The molecule has 0 radical (unpaired) electrons. The molecule has 0 saturated heterocycles. The number of benzene rings is 1. The third-order valence-electron chi connectivity index (χ3n) is 4.82. The molecule has 6 nitrogen and oxygen atoms in total. The van der Waals surface area contributed by atoms with Crippen molar-refractivity contribution in [1.82, 2.24) is 9.88 Å². The van der Waals surface area contributed by atoms with Crippen molar-refractivity contribution in [3.8, 4) is 5.06 Å². The van der Waals surface area contributed by atoms with E-state index in [-0.39, 0.29) is 5.69 Å². The van der Waals surface area contributed by atoms with Gasteiger partial charge in [0.25, 0.3) is 0 Å². The highest BCUT2D eigenvalue weighted by atomic mass is 35.5. The van der Waals surface area contributed by atoms with Crippen molar-refractivity contribution in [2.24, 2.45) is 0 Å². The van der Waals surface area contributed by atoms with E-state index in [9.17, 15) is 9.59 Å². The molecular weight excluding hydrogens is 424 g/mol. The Hall–Kier alpha value is -2.74. The number of halogens is 1. The summed E-state index contributed by atoms with van der Waals surface area (Å²) < 4.78 is 32.2. The monoisotopic (exact) mass is 445 g/mol. The highest BCUT2D eigenvalue weighted by Crippen LogP contribution is 2.36. The lowest BCUT2D eigenvalue weighted by Crippen LogP contribution is -2.38. The zero-order valence-corrected chi connectivity index (χ0v) is 17.3. The number of carbonyl (C=O) groups excluding carboxylic acids is 2. The van der Waals surface area contributed by atoms with E-state index in [4.69, 9.17) is 25.2 Å². The van der Waals surface area contributed by atoms with Crippen molar-refractivity contribution in [2.45, 2.75) is 19.0 Å². The molecule has 0 fully saturated rings. The van der Waals surface area contributed by atoms with E-state index in [0.29, 0.717) is 35.2 Å². The van der Waals surface area contributed by atoms with Crippen LogP contribution in [0, 0.1) is 0 Å². The molecule has 1 aliphatic rings. The molecule has 30 heavy (non-hydrogen) atoms. The summed E-state index contributed by atoms with van der Waals surface area (Å²) in [5, 5.41) is 0.936. The van der Waals surface area contributed by atoms with E-state index in [1.54, 1.807) is 48.5 Å². The van der Waals surface area contributed by atoms with Crippen LogP contribution in [-0.4, -0.2) is 35.4 Å². The zero-order chi connectivity index (χ0) is 23.6. The lowest BCUT2D eigenvalue weighted by atomic mass is 10.0. The minimum absolute atomic E-state index is 0.209. The van der Waals surface area contributed by atoms with Crippen molar-refractivity contribution in [2.75, 3.05) is 13.6 Å². The first kappa shape index (κ1) is 17.0. The molecule has 0 amide bonds. The standard InChI is InChI=1S/C22H19ClN2O4S/c1-28-22(27)20(14-5-7-16(23)8-6-14)25-11-9-18-15(13-25)12-19(30-18)29-21(26)17-4-2-3-10-24-17/h2-8,10,12,20H,9,11,13H2,1H3/t20-/m0/s1/i1D3. The highest BCUT2D eigenvalue weighted by molar-refractivity contribution is 7.14. The molecule has 154 valence electrons. The van der Waals surface area contributed by atoms with Gasteiger partial charge in [0, 0.05) is 29.2 Å². The first-order chi connectivity index (χ1) is 15.7. The minimum atomic E-state index is -2.85. The number of esters is 2. The molecule has 3 aromatic rings. The van der Waals surface area contributed by atoms with Gasteiger partial charge in [-0.05, 0) is 47.9 Å². The first-order valence-electron chi connectivity index (χ1n) is 10.7. The van der Waals surface area contributed by atoms with Gasteiger partial charge in [-0.15, -0.1) is 11.3 Å². The van der Waals surface area contributed by atoms with Gasteiger partial charge in [-0.1, -0.05) is 29.8 Å². The maximum Gasteiger partial charge on any atom is 0.363 e. The Morgan fingerprint density at radius 2 is 2.10 bits per heavy atom.